The first-order chi connectivity index (χ1) is 15.6. The molecule has 1 aliphatic rings. The molecule has 4 aromatic rings. The first-order valence-corrected chi connectivity index (χ1v) is 11.2. The van der Waals surface area contributed by atoms with Crippen LogP contribution in [-0.4, -0.2) is 32.2 Å². The van der Waals surface area contributed by atoms with Crippen LogP contribution in [0.25, 0.3) is 10.8 Å². The summed E-state index contributed by atoms with van der Waals surface area (Å²) in [6.45, 7) is 3.28. The Morgan fingerprint density at radius 1 is 1.06 bits per heavy atom. The summed E-state index contributed by atoms with van der Waals surface area (Å²) in [5.74, 6) is 1.65. The molecule has 1 N–H and O–H groups in total. The van der Waals surface area contributed by atoms with Crippen LogP contribution in [0.2, 0.25) is 5.02 Å². The summed E-state index contributed by atoms with van der Waals surface area (Å²) < 4.78 is 2.09. The van der Waals surface area contributed by atoms with Gasteiger partial charge in [-0.15, -0.1) is 10.2 Å². The normalized spacial score (nSPS) is 15.9. The van der Waals surface area contributed by atoms with Crippen LogP contribution >= 0.6 is 11.6 Å². The number of hydrogen-bond donors (Lipinski definition) is 1. The molecule has 5 rings (SSSR count). The van der Waals surface area contributed by atoms with Crippen LogP contribution in [0.1, 0.15) is 36.1 Å². The summed E-state index contributed by atoms with van der Waals surface area (Å²) in [5.41, 5.74) is 1.90. The van der Waals surface area contributed by atoms with Crippen molar-refractivity contribution in [1.29, 1.82) is 0 Å². The van der Waals surface area contributed by atoms with E-state index in [1.807, 2.05) is 72.5 Å². The van der Waals surface area contributed by atoms with Gasteiger partial charge in [0, 0.05) is 17.3 Å². The maximum absolute atomic E-state index is 13.2. The molecule has 1 atom stereocenters. The van der Waals surface area contributed by atoms with Crippen molar-refractivity contribution in [3.63, 3.8) is 0 Å². The Hall–Kier alpha value is -3.38. The number of nitrogens with one attached hydrogen (secondary N) is 1. The summed E-state index contributed by atoms with van der Waals surface area (Å²) in [6.07, 6.45) is 1.80. The van der Waals surface area contributed by atoms with Gasteiger partial charge in [-0.2, -0.15) is 0 Å². The van der Waals surface area contributed by atoms with E-state index in [0.29, 0.717) is 18.1 Å². The van der Waals surface area contributed by atoms with E-state index in [4.69, 9.17) is 11.6 Å². The zero-order valence-corrected chi connectivity index (χ0v) is 18.6. The van der Waals surface area contributed by atoms with Crippen molar-refractivity contribution >= 4 is 34.1 Å². The zero-order valence-electron chi connectivity index (χ0n) is 17.8. The van der Waals surface area contributed by atoms with Crippen LogP contribution in [-0.2, 0) is 6.54 Å². The Labute approximate surface area is 191 Å². The molecule has 0 spiro atoms. The third kappa shape index (κ3) is 4.06. The van der Waals surface area contributed by atoms with Gasteiger partial charge in [0.1, 0.15) is 5.82 Å². The van der Waals surface area contributed by atoms with E-state index in [1.54, 1.807) is 0 Å². The smallest absolute Gasteiger partial charge is 0.314 e. The summed E-state index contributed by atoms with van der Waals surface area (Å²) >= 11 is 6.03. The van der Waals surface area contributed by atoms with Gasteiger partial charge < -0.3 is 14.8 Å². The standard InChI is InChI=1S/C25H24ClN5O/c1-17-28-29-24(31(17)16-18-8-11-21(26)12-9-18)23-7-4-14-30(23)25(32)27-22-13-10-19-5-2-3-6-20(19)15-22/h2-3,5-6,8-13,15,23H,4,7,14,16H2,1H3,(H,27,32)/t23-/m1/s1. The first-order valence-electron chi connectivity index (χ1n) is 10.8. The molecule has 2 amide bonds. The van der Waals surface area contributed by atoms with Crippen LogP contribution in [0.15, 0.2) is 66.7 Å². The molecule has 1 aliphatic heterocycles. The molecular weight excluding hydrogens is 422 g/mol. The van der Waals surface area contributed by atoms with Gasteiger partial charge in [0.2, 0.25) is 0 Å². The topological polar surface area (TPSA) is 63.1 Å². The van der Waals surface area contributed by atoms with Crippen LogP contribution in [0, 0.1) is 6.92 Å². The molecule has 0 unspecified atom stereocenters. The van der Waals surface area contributed by atoms with Crippen molar-refractivity contribution in [2.45, 2.75) is 32.4 Å². The number of aromatic nitrogens is 3. The molecule has 0 bridgehead atoms. The largest absolute Gasteiger partial charge is 0.322 e. The third-order valence-corrected chi connectivity index (χ3v) is 6.28. The zero-order chi connectivity index (χ0) is 22.1. The Kier molecular flexibility index (Phi) is 5.53. The lowest BCUT2D eigenvalue weighted by Gasteiger charge is -2.25. The van der Waals surface area contributed by atoms with Crippen LogP contribution in [0.3, 0.4) is 0 Å². The van der Waals surface area contributed by atoms with Gasteiger partial charge in [0.15, 0.2) is 5.82 Å². The summed E-state index contributed by atoms with van der Waals surface area (Å²) in [4.78, 5) is 15.1. The maximum atomic E-state index is 13.2. The third-order valence-electron chi connectivity index (χ3n) is 6.03. The Bertz CT molecular complexity index is 1270. The fourth-order valence-electron chi connectivity index (χ4n) is 4.35. The average Bonchev–Trinajstić information content (AvgIpc) is 3.42. The van der Waals surface area contributed by atoms with Crippen LogP contribution in [0.4, 0.5) is 10.5 Å². The number of likely N-dealkylation sites (tertiary alicyclic amines) is 1. The summed E-state index contributed by atoms with van der Waals surface area (Å²) in [6, 6.07) is 21.7. The predicted octanol–water partition coefficient (Wildman–Crippen LogP) is 5.81. The Morgan fingerprint density at radius 3 is 2.66 bits per heavy atom. The second-order valence-electron chi connectivity index (χ2n) is 8.16. The van der Waals surface area contributed by atoms with Gasteiger partial charge >= 0.3 is 6.03 Å². The number of carbonyl (C=O) groups excluding carboxylic acids is 1. The highest BCUT2D eigenvalue weighted by molar-refractivity contribution is 6.30. The van der Waals surface area contributed by atoms with Crippen LogP contribution < -0.4 is 5.32 Å². The van der Waals surface area contributed by atoms with E-state index in [0.717, 1.165) is 46.5 Å². The number of anilines is 1. The van der Waals surface area contributed by atoms with Gasteiger partial charge in [0.05, 0.1) is 12.6 Å². The molecule has 0 saturated carbocycles. The molecule has 1 saturated heterocycles. The molecule has 0 aliphatic carbocycles. The van der Waals surface area contributed by atoms with Crippen molar-refractivity contribution in [1.82, 2.24) is 19.7 Å². The van der Waals surface area contributed by atoms with Crippen molar-refractivity contribution in [2.24, 2.45) is 0 Å². The monoisotopic (exact) mass is 445 g/mol. The quantitative estimate of drug-likeness (QED) is 0.431. The molecule has 1 fully saturated rings. The molecule has 32 heavy (non-hydrogen) atoms. The van der Waals surface area contributed by atoms with Gasteiger partial charge in [0.25, 0.3) is 0 Å². The van der Waals surface area contributed by atoms with Gasteiger partial charge in [-0.25, -0.2) is 4.79 Å². The average molecular weight is 446 g/mol. The number of halogens is 1. The fraction of sp³-hybridized carbons (Fsp3) is 0.240. The lowest BCUT2D eigenvalue weighted by molar-refractivity contribution is 0.204. The highest BCUT2D eigenvalue weighted by Crippen LogP contribution is 2.32. The molecule has 1 aromatic heterocycles. The lowest BCUT2D eigenvalue weighted by atomic mass is 10.1. The minimum absolute atomic E-state index is 0.107. The first kappa shape index (κ1) is 20.5. The number of nitrogens with zero attached hydrogens (tertiary/aromatic N) is 4. The second kappa shape index (κ2) is 8.63. The molecule has 6 nitrogen and oxygen atoms in total. The van der Waals surface area contributed by atoms with Crippen molar-refractivity contribution in [2.75, 3.05) is 11.9 Å². The predicted molar refractivity (Wildman–Crippen MR) is 127 cm³/mol. The molecule has 162 valence electrons. The maximum Gasteiger partial charge on any atom is 0.322 e. The molecular formula is C25H24ClN5O. The minimum Gasteiger partial charge on any atom is -0.314 e. The van der Waals surface area contributed by atoms with E-state index in [2.05, 4.69) is 26.1 Å². The highest BCUT2D eigenvalue weighted by atomic mass is 35.5. The lowest BCUT2D eigenvalue weighted by Crippen LogP contribution is -2.35. The van der Waals surface area contributed by atoms with Crippen molar-refractivity contribution in [3.05, 3.63) is 89.0 Å². The number of urea groups is 1. The Balaban J connectivity index is 1.37. The number of carbonyl (C=O) groups is 1. The molecule has 7 heteroatoms. The number of amides is 2. The fourth-order valence-corrected chi connectivity index (χ4v) is 4.48. The number of hydrogen-bond acceptors (Lipinski definition) is 3. The highest BCUT2D eigenvalue weighted by Gasteiger charge is 2.34. The van der Waals surface area contributed by atoms with Gasteiger partial charge in [-0.1, -0.05) is 54.1 Å². The van der Waals surface area contributed by atoms with Gasteiger partial charge in [-0.3, -0.25) is 0 Å². The second-order valence-corrected chi connectivity index (χ2v) is 8.60. The molecule has 3 aromatic carbocycles. The Morgan fingerprint density at radius 2 is 1.84 bits per heavy atom. The molecule has 2 heterocycles. The number of benzene rings is 3. The number of fused-ring (bicyclic) bond motifs is 1. The van der Waals surface area contributed by atoms with Crippen molar-refractivity contribution < 1.29 is 4.79 Å². The van der Waals surface area contributed by atoms with E-state index >= 15 is 0 Å². The molecule has 0 radical (unpaired) electrons. The van der Waals surface area contributed by atoms with E-state index in [1.165, 1.54) is 0 Å². The van der Waals surface area contributed by atoms with Crippen molar-refractivity contribution in [3.8, 4) is 0 Å². The summed E-state index contributed by atoms with van der Waals surface area (Å²) in [5, 5.41) is 14.8. The SMILES string of the molecule is Cc1nnc([C@H]2CCCN2C(=O)Nc2ccc3ccccc3c2)n1Cc1ccc(Cl)cc1. The van der Waals surface area contributed by atoms with Gasteiger partial charge in [-0.05, 0) is 60.4 Å². The number of aryl methyl sites for hydroxylation is 1. The van der Waals surface area contributed by atoms with E-state index in [9.17, 15) is 4.79 Å². The van der Waals surface area contributed by atoms with E-state index in [-0.39, 0.29) is 12.1 Å². The number of rotatable bonds is 4. The van der Waals surface area contributed by atoms with E-state index < -0.39 is 0 Å². The minimum atomic E-state index is -0.110. The summed E-state index contributed by atoms with van der Waals surface area (Å²) in [7, 11) is 0. The van der Waals surface area contributed by atoms with Crippen LogP contribution in [0.5, 0.6) is 0 Å².